The second kappa shape index (κ2) is 6.43. The fraction of sp³-hybridized carbons (Fsp3) is 0.583. The van der Waals surface area contributed by atoms with Crippen LogP contribution in [-0.4, -0.2) is 24.3 Å². The Bertz CT molecular complexity index is 370. The molecule has 1 aromatic rings. The Morgan fingerprint density at radius 1 is 1.35 bits per heavy atom. The minimum Gasteiger partial charge on any atom is -0.478 e. The van der Waals surface area contributed by atoms with Crippen LogP contribution in [0, 0.1) is 0 Å². The summed E-state index contributed by atoms with van der Waals surface area (Å²) < 4.78 is 10.8. The smallest absolute Gasteiger partial charge is 0.213 e. The van der Waals surface area contributed by atoms with Crippen molar-refractivity contribution in [2.75, 3.05) is 13.7 Å². The van der Waals surface area contributed by atoms with Gasteiger partial charge in [-0.3, -0.25) is 0 Å². The van der Waals surface area contributed by atoms with Crippen molar-refractivity contribution >= 4 is 23.2 Å². The van der Waals surface area contributed by atoms with E-state index < -0.39 is 0 Å². The van der Waals surface area contributed by atoms with Gasteiger partial charge in [0.25, 0.3) is 0 Å². The second-order valence-corrected chi connectivity index (χ2v) is 4.95. The van der Waals surface area contributed by atoms with E-state index in [0.717, 1.165) is 6.42 Å². The maximum Gasteiger partial charge on any atom is 0.213 e. The molecule has 0 saturated carbocycles. The SMILES string of the molecule is COC(C)(C)CCOc1ccc(Cl)c(CCl)n1. The average Bonchev–Trinajstić information content (AvgIpc) is 2.31. The van der Waals surface area contributed by atoms with Crippen molar-refractivity contribution in [3.05, 3.63) is 22.8 Å². The van der Waals surface area contributed by atoms with E-state index in [1.807, 2.05) is 13.8 Å². The van der Waals surface area contributed by atoms with Crippen LogP contribution in [0.1, 0.15) is 26.0 Å². The maximum absolute atomic E-state index is 5.90. The highest BCUT2D eigenvalue weighted by Crippen LogP contribution is 2.20. The lowest BCUT2D eigenvalue weighted by atomic mass is 10.1. The van der Waals surface area contributed by atoms with E-state index in [0.29, 0.717) is 23.2 Å². The van der Waals surface area contributed by atoms with E-state index in [9.17, 15) is 0 Å². The van der Waals surface area contributed by atoms with Crippen molar-refractivity contribution in [3.63, 3.8) is 0 Å². The molecule has 17 heavy (non-hydrogen) atoms. The number of halogens is 2. The first-order chi connectivity index (χ1) is 7.98. The van der Waals surface area contributed by atoms with Gasteiger partial charge < -0.3 is 9.47 Å². The molecule has 1 rings (SSSR count). The summed E-state index contributed by atoms with van der Waals surface area (Å²) in [5.41, 5.74) is 0.443. The summed E-state index contributed by atoms with van der Waals surface area (Å²) in [7, 11) is 1.69. The monoisotopic (exact) mass is 277 g/mol. The molecule has 0 aliphatic heterocycles. The van der Waals surface area contributed by atoms with Crippen LogP contribution < -0.4 is 4.74 Å². The van der Waals surface area contributed by atoms with Gasteiger partial charge in [0.1, 0.15) is 0 Å². The lowest BCUT2D eigenvalue weighted by Crippen LogP contribution is -2.25. The number of hydrogen-bond donors (Lipinski definition) is 0. The molecule has 5 heteroatoms. The summed E-state index contributed by atoms with van der Waals surface area (Å²) in [6.07, 6.45) is 0.782. The molecule has 1 aromatic heterocycles. The first-order valence-electron chi connectivity index (χ1n) is 5.38. The van der Waals surface area contributed by atoms with Gasteiger partial charge in [-0.2, -0.15) is 0 Å². The van der Waals surface area contributed by atoms with E-state index in [1.165, 1.54) is 0 Å². The zero-order chi connectivity index (χ0) is 12.9. The first-order valence-corrected chi connectivity index (χ1v) is 6.29. The summed E-state index contributed by atoms with van der Waals surface area (Å²) >= 11 is 11.6. The van der Waals surface area contributed by atoms with E-state index in [1.54, 1.807) is 19.2 Å². The first kappa shape index (κ1) is 14.6. The average molecular weight is 278 g/mol. The quantitative estimate of drug-likeness (QED) is 0.744. The van der Waals surface area contributed by atoms with Crippen LogP contribution in [0.2, 0.25) is 5.02 Å². The third kappa shape index (κ3) is 4.70. The van der Waals surface area contributed by atoms with Crippen molar-refractivity contribution in [1.29, 1.82) is 0 Å². The molecule has 0 saturated heterocycles. The Morgan fingerprint density at radius 2 is 2.06 bits per heavy atom. The Balaban J connectivity index is 2.53. The predicted octanol–water partition coefficient (Wildman–Crippen LogP) is 3.67. The molecular weight excluding hydrogens is 261 g/mol. The summed E-state index contributed by atoms with van der Waals surface area (Å²) in [5, 5.41) is 0.560. The normalized spacial score (nSPS) is 11.6. The number of pyridine rings is 1. The highest BCUT2D eigenvalue weighted by atomic mass is 35.5. The zero-order valence-electron chi connectivity index (χ0n) is 10.3. The van der Waals surface area contributed by atoms with Crippen molar-refractivity contribution in [2.45, 2.75) is 31.7 Å². The zero-order valence-corrected chi connectivity index (χ0v) is 11.8. The molecule has 0 radical (unpaired) electrons. The number of hydrogen-bond acceptors (Lipinski definition) is 3. The molecule has 0 atom stereocenters. The van der Waals surface area contributed by atoms with E-state index >= 15 is 0 Å². The van der Waals surface area contributed by atoms with E-state index in [2.05, 4.69) is 4.98 Å². The molecule has 0 spiro atoms. The molecule has 0 aromatic carbocycles. The van der Waals surface area contributed by atoms with Crippen LogP contribution >= 0.6 is 23.2 Å². The number of nitrogens with zero attached hydrogens (tertiary/aromatic N) is 1. The van der Waals surface area contributed by atoms with Crippen molar-refractivity contribution < 1.29 is 9.47 Å². The number of methoxy groups -OCH3 is 1. The Kier molecular flexibility index (Phi) is 5.50. The molecule has 0 N–H and O–H groups in total. The summed E-state index contributed by atoms with van der Waals surface area (Å²) in [5.74, 6) is 0.816. The molecule has 0 bridgehead atoms. The van der Waals surface area contributed by atoms with Gasteiger partial charge >= 0.3 is 0 Å². The highest BCUT2D eigenvalue weighted by Gasteiger charge is 2.16. The molecule has 3 nitrogen and oxygen atoms in total. The van der Waals surface area contributed by atoms with Gasteiger partial charge in [0.05, 0.1) is 28.8 Å². The summed E-state index contributed by atoms with van der Waals surface area (Å²) in [6, 6.07) is 3.47. The summed E-state index contributed by atoms with van der Waals surface area (Å²) in [6.45, 7) is 4.56. The van der Waals surface area contributed by atoms with Crippen molar-refractivity contribution in [2.24, 2.45) is 0 Å². The Hall–Kier alpha value is -0.510. The van der Waals surface area contributed by atoms with Gasteiger partial charge in [-0.05, 0) is 19.9 Å². The molecule has 0 aliphatic carbocycles. The standard InChI is InChI=1S/C12H17Cl2NO2/c1-12(2,16-3)6-7-17-11-5-4-9(14)10(8-13)15-11/h4-5H,6-8H2,1-3H3. The fourth-order valence-electron chi connectivity index (χ4n) is 1.14. The van der Waals surface area contributed by atoms with E-state index in [4.69, 9.17) is 32.7 Å². The Labute approximate surface area is 112 Å². The van der Waals surface area contributed by atoms with Gasteiger partial charge in [-0.15, -0.1) is 11.6 Å². The van der Waals surface area contributed by atoms with Crippen LogP contribution in [0.4, 0.5) is 0 Å². The highest BCUT2D eigenvalue weighted by molar-refractivity contribution is 6.32. The fourth-order valence-corrected chi connectivity index (χ4v) is 1.59. The third-order valence-corrected chi connectivity index (χ3v) is 3.12. The maximum atomic E-state index is 5.90. The largest absolute Gasteiger partial charge is 0.478 e. The molecule has 96 valence electrons. The van der Waals surface area contributed by atoms with Crippen LogP contribution in [0.25, 0.3) is 0 Å². The number of ether oxygens (including phenoxy) is 2. The molecule has 1 heterocycles. The van der Waals surface area contributed by atoms with E-state index in [-0.39, 0.29) is 11.5 Å². The topological polar surface area (TPSA) is 31.4 Å². The lowest BCUT2D eigenvalue weighted by Gasteiger charge is -2.22. The molecule has 0 amide bonds. The predicted molar refractivity (Wildman–Crippen MR) is 70.0 cm³/mol. The molecule has 0 aliphatic rings. The van der Waals surface area contributed by atoms with Gasteiger partial charge in [-0.25, -0.2) is 4.98 Å². The molecular formula is C12H17Cl2NO2. The van der Waals surface area contributed by atoms with Crippen LogP contribution in [-0.2, 0) is 10.6 Å². The van der Waals surface area contributed by atoms with Crippen LogP contribution in [0.3, 0.4) is 0 Å². The number of rotatable bonds is 6. The van der Waals surface area contributed by atoms with Gasteiger partial charge in [0, 0.05) is 19.6 Å². The number of alkyl halides is 1. The summed E-state index contributed by atoms with van der Waals surface area (Å²) in [4.78, 5) is 4.21. The molecule has 0 fully saturated rings. The Morgan fingerprint density at radius 3 is 2.65 bits per heavy atom. The minimum atomic E-state index is -0.193. The van der Waals surface area contributed by atoms with Gasteiger partial charge in [0.2, 0.25) is 5.88 Å². The third-order valence-electron chi connectivity index (χ3n) is 2.53. The van der Waals surface area contributed by atoms with Gasteiger partial charge in [-0.1, -0.05) is 11.6 Å². The van der Waals surface area contributed by atoms with Gasteiger partial charge in [0.15, 0.2) is 0 Å². The lowest BCUT2D eigenvalue weighted by molar-refractivity contribution is 0.00508. The van der Waals surface area contributed by atoms with Crippen LogP contribution in [0.15, 0.2) is 12.1 Å². The minimum absolute atomic E-state index is 0.193. The van der Waals surface area contributed by atoms with Crippen molar-refractivity contribution in [1.82, 2.24) is 4.98 Å². The van der Waals surface area contributed by atoms with Crippen molar-refractivity contribution in [3.8, 4) is 5.88 Å². The molecule has 0 unspecified atom stereocenters. The van der Waals surface area contributed by atoms with Crippen LogP contribution in [0.5, 0.6) is 5.88 Å². The number of aromatic nitrogens is 1. The second-order valence-electron chi connectivity index (χ2n) is 4.27.